The first kappa shape index (κ1) is 36.4. The molecule has 0 unspecified atom stereocenters. The van der Waals surface area contributed by atoms with E-state index in [1.165, 1.54) is 24.3 Å². The second-order valence-corrected chi connectivity index (χ2v) is 11.6. The van der Waals surface area contributed by atoms with Crippen LogP contribution in [0.1, 0.15) is 0 Å². The zero-order valence-electron chi connectivity index (χ0n) is 20.6. The molecule has 0 amide bonds. The number of hydrogen-bond donors (Lipinski definition) is 5. The van der Waals surface area contributed by atoms with E-state index in [4.69, 9.17) is 5.73 Å². The predicted octanol–water partition coefficient (Wildman–Crippen LogP) is 2.29. The summed E-state index contributed by atoms with van der Waals surface area (Å²) in [4.78, 5) is -2.39. The molecule has 4 aromatic carbocycles. The maximum Gasteiger partial charge on any atom is 0.297 e. The smallest absolute Gasteiger partial charge is 0.297 e. The van der Waals surface area contributed by atoms with Gasteiger partial charge in [0.25, 0.3) is 30.4 Å². The minimum Gasteiger partial charge on any atom is -0.505 e. The third-order valence-corrected chi connectivity index (χ3v) is 7.75. The Bertz CT molecular complexity index is 1950. The number of nitrogen functional groups attached to an aromatic ring is 1. The van der Waals surface area contributed by atoms with Crippen molar-refractivity contribution in [2.45, 2.75) is 14.7 Å². The monoisotopic (exact) mass is 622 g/mol. The fourth-order valence-corrected chi connectivity index (χ4v) is 5.67. The molecule has 0 fully saturated rings. The zero-order valence-corrected chi connectivity index (χ0v) is 29.1. The van der Waals surface area contributed by atoms with Gasteiger partial charge in [-0.25, -0.2) is 0 Å². The van der Waals surface area contributed by atoms with Crippen molar-refractivity contribution in [2.24, 2.45) is 10.2 Å². The van der Waals surface area contributed by atoms with E-state index in [-0.39, 0.29) is 105 Å². The molecule has 0 atom stereocenters. The Hall–Kier alpha value is -0.670. The van der Waals surface area contributed by atoms with Gasteiger partial charge >= 0.3 is 0 Å². The Labute approximate surface area is 289 Å². The van der Waals surface area contributed by atoms with E-state index >= 15 is 0 Å². The second kappa shape index (κ2) is 13.1. The number of rotatable bonds is 5. The van der Waals surface area contributed by atoms with Crippen molar-refractivity contribution < 1.29 is 44.0 Å². The van der Waals surface area contributed by atoms with Gasteiger partial charge in [-0.3, -0.25) is 13.7 Å². The summed E-state index contributed by atoms with van der Waals surface area (Å²) in [5.74, 6) is -0.947. The molecule has 4 rings (SSSR count). The molecule has 4 aromatic rings. The number of fused-ring (bicyclic) bond motifs is 2. The number of anilines is 1. The summed E-state index contributed by atoms with van der Waals surface area (Å²) >= 11 is 0. The fourth-order valence-electron chi connectivity index (χ4n) is 3.62. The van der Waals surface area contributed by atoms with Crippen molar-refractivity contribution in [1.29, 1.82) is 0 Å². The van der Waals surface area contributed by atoms with Crippen molar-refractivity contribution in [1.82, 2.24) is 0 Å². The number of phenols is 1. The van der Waals surface area contributed by atoms with Gasteiger partial charge in [0, 0.05) is 105 Å². The molecule has 0 saturated heterocycles. The van der Waals surface area contributed by atoms with Crippen LogP contribution in [0.3, 0.4) is 0 Å². The van der Waals surface area contributed by atoms with Crippen LogP contribution >= 0.6 is 0 Å². The first-order valence-corrected chi connectivity index (χ1v) is 13.9. The van der Waals surface area contributed by atoms with Gasteiger partial charge in [0.05, 0.1) is 4.90 Å². The molecule has 3 radical (unpaired) electrons. The van der Waals surface area contributed by atoms with Gasteiger partial charge < -0.3 is 10.8 Å². The first-order chi connectivity index (χ1) is 16.6. The normalized spacial score (nSPS) is 12.1. The van der Waals surface area contributed by atoms with Crippen molar-refractivity contribution in [3.8, 4) is 5.75 Å². The summed E-state index contributed by atoms with van der Waals surface area (Å²) in [6.07, 6.45) is 0. The van der Waals surface area contributed by atoms with Crippen molar-refractivity contribution in [2.75, 3.05) is 5.73 Å². The molecule has 6 N–H and O–H groups in total. The van der Waals surface area contributed by atoms with E-state index < -0.39 is 67.9 Å². The van der Waals surface area contributed by atoms with E-state index in [0.29, 0.717) is 5.39 Å². The van der Waals surface area contributed by atoms with Crippen LogP contribution in [0.2, 0.25) is 0 Å². The molecular formula is C20H15N3Na3O10S3. The fraction of sp³-hybridized carbons (Fsp3) is 0. The summed E-state index contributed by atoms with van der Waals surface area (Å²) in [7, 11) is -14.7. The summed E-state index contributed by atoms with van der Waals surface area (Å²) in [5.41, 5.74) is 4.12. The van der Waals surface area contributed by atoms with Crippen molar-refractivity contribution in [3.05, 3.63) is 54.6 Å². The number of hydrogen-bond acceptors (Lipinski definition) is 10. The van der Waals surface area contributed by atoms with Crippen LogP contribution in [0, 0.1) is 0 Å². The maximum atomic E-state index is 12.1. The van der Waals surface area contributed by atoms with Gasteiger partial charge in [0.2, 0.25) is 0 Å². The number of aromatic hydroxyl groups is 1. The van der Waals surface area contributed by atoms with Crippen LogP contribution in [0.4, 0.5) is 17.1 Å². The van der Waals surface area contributed by atoms with Crippen LogP contribution in [0.25, 0.3) is 21.5 Å². The predicted molar refractivity (Wildman–Crippen MR) is 145 cm³/mol. The minimum absolute atomic E-state index is 0. The molecule has 0 aliphatic heterocycles. The number of azo groups is 1. The number of phenolic OH excluding ortho intramolecular Hbond substituents is 1. The number of nitrogens with two attached hydrogens (primary N) is 1. The van der Waals surface area contributed by atoms with Crippen molar-refractivity contribution >= 4 is 158 Å². The standard InChI is InChI=1S/C20H15N3O10S3.3Na/c21-14-9-12(34(25,26)27)7-11-8-16(35(28,29)30)18(19(24)17(11)14)23-22-15-6-5-10-3-1-2-4-13(10)20(15)36(31,32)33;;;/h1-9,24H,21H2,(H,25,26,27)(H,28,29,30)(H,31,32,33);;;. The molecule has 0 bridgehead atoms. The third-order valence-electron chi connectivity index (χ3n) is 5.10. The van der Waals surface area contributed by atoms with Gasteiger partial charge in [-0.05, 0) is 35.0 Å². The van der Waals surface area contributed by atoms with Crippen LogP contribution in [0.15, 0.2) is 79.5 Å². The molecule has 191 valence electrons. The van der Waals surface area contributed by atoms with Gasteiger partial charge in [-0.1, -0.05) is 30.3 Å². The molecule has 39 heavy (non-hydrogen) atoms. The molecule has 0 heterocycles. The van der Waals surface area contributed by atoms with E-state index in [1.807, 2.05) is 0 Å². The van der Waals surface area contributed by atoms with Crippen LogP contribution in [-0.2, 0) is 30.4 Å². The summed E-state index contributed by atoms with van der Waals surface area (Å²) in [6.45, 7) is 0. The van der Waals surface area contributed by atoms with E-state index in [9.17, 15) is 44.0 Å². The van der Waals surface area contributed by atoms with Gasteiger partial charge in [0.1, 0.15) is 21.2 Å². The second-order valence-electron chi connectivity index (χ2n) is 7.44. The maximum absolute atomic E-state index is 12.1. The summed E-state index contributed by atoms with van der Waals surface area (Å²) in [5, 5.41) is 18.0. The Balaban J connectivity index is 0.00000253. The summed E-state index contributed by atoms with van der Waals surface area (Å²) in [6, 6.07) is 11.1. The number of benzene rings is 4. The van der Waals surface area contributed by atoms with Gasteiger partial charge in [0.15, 0.2) is 5.75 Å². The average Bonchev–Trinajstić information content (AvgIpc) is 2.75. The zero-order chi connectivity index (χ0) is 26.6. The van der Waals surface area contributed by atoms with Gasteiger partial charge in [-0.2, -0.15) is 25.3 Å². The molecule has 0 saturated carbocycles. The molecule has 13 nitrogen and oxygen atoms in total. The molecule has 0 aliphatic rings. The first-order valence-electron chi connectivity index (χ1n) is 9.54. The van der Waals surface area contributed by atoms with Gasteiger partial charge in [-0.15, -0.1) is 10.2 Å². The molecule has 19 heteroatoms. The molecular weight excluding hydrogens is 607 g/mol. The SMILES string of the molecule is Nc1cc(S(=O)(=O)O)cc2cc(S(=O)(=O)O)c(N=Nc3ccc4ccccc4c3S(=O)(=O)O)c(O)c12.[Na].[Na].[Na]. The van der Waals surface area contributed by atoms with E-state index in [2.05, 4.69) is 10.2 Å². The molecule has 0 spiro atoms. The Kier molecular flexibility index (Phi) is 12.2. The van der Waals surface area contributed by atoms with Crippen LogP contribution in [-0.4, -0.2) is 133 Å². The quantitative estimate of drug-likeness (QED) is 0.0937. The Morgan fingerprint density at radius 1 is 0.692 bits per heavy atom. The van der Waals surface area contributed by atoms with Crippen LogP contribution < -0.4 is 5.73 Å². The largest absolute Gasteiger partial charge is 0.505 e. The molecule has 0 aliphatic carbocycles. The third kappa shape index (κ3) is 7.59. The number of nitrogens with zero attached hydrogens (tertiary/aromatic N) is 2. The Morgan fingerprint density at radius 3 is 1.87 bits per heavy atom. The van der Waals surface area contributed by atoms with Crippen LogP contribution in [0.5, 0.6) is 5.75 Å². The summed E-state index contributed by atoms with van der Waals surface area (Å²) < 4.78 is 100.0. The Morgan fingerprint density at radius 2 is 1.31 bits per heavy atom. The minimum atomic E-state index is -5.12. The van der Waals surface area contributed by atoms with E-state index in [1.54, 1.807) is 12.1 Å². The average molecular weight is 623 g/mol. The van der Waals surface area contributed by atoms with Crippen molar-refractivity contribution in [3.63, 3.8) is 0 Å². The van der Waals surface area contributed by atoms with E-state index in [0.717, 1.165) is 18.2 Å². The topological polar surface area (TPSA) is 234 Å². The molecule has 0 aromatic heterocycles.